The predicted molar refractivity (Wildman–Crippen MR) is 69.6 cm³/mol. The van der Waals surface area contributed by atoms with Crippen molar-refractivity contribution in [3.8, 4) is 5.75 Å². The van der Waals surface area contributed by atoms with Crippen LogP contribution in [0.25, 0.3) is 0 Å². The van der Waals surface area contributed by atoms with Crippen molar-refractivity contribution in [3.63, 3.8) is 0 Å². The average molecular weight is 249 g/mol. The highest BCUT2D eigenvalue weighted by Crippen LogP contribution is 2.14. The van der Waals surface area contributed by atoms with Gasteiger partial charge in [0.2, 0.25) is 6.29 Å². The minimum atomic E-state index is -0.491. The molecule has 0 aromatic heterocycles. The summed E-state index contributed by atoms with van der Waals surface area (Å²) >= 11 is 0. The molecule has 0 aliphatic rings. The van der Waals surface area contributed by atoms with Crippen molar-refractivity contribution in [1.82, 2.24) is 4.90 Å². The third-order valence-electron chi connectivity index (χ3n) is 2.51. The molecule has 0 aliphatic heterocycles. The summed E-state index contributed by atoms with van der Waals surface area (Å²) in [6, 6.07) is 7.77. The second kappa shape index (κ2) is 6.79. The number of rotatable bonds is 6. The van der Waals surface area contributed by atoms with Crippen LogP contribution >= 0.6 is 0 Å². The van der Waals surface area contributed by atoms with Gasteiger partial charge in [0, 0.05) is 13.6 Å². The van der Waals surface area contributed by atoms with Crippen molar-refractivity contribution in [2.45, 2.75) is 26.4 Å². The van der Waals surface area contributed by atoms with Crippen LogP contribution in [0.4, 0.5) is 0 Å². The summed E-state index contributed by atoms with van der Waals surface area (Å²) in [5.74, 6) is 0.348. The quantitative estimate of drug-likeness (QED) is 0.569. The summed E-state index contributed by atoms with van der Waals surface area (Å²) in [6.45, 7) is 4.49. The van der Waals surface area contributed by atoms with Gasteiger partial charge in [0.1, 0.15) is 5.75 Å². The van der Waals surface area contributed by atoms with Gasteiger partial charge in [-0.3, -0.25) is 9.59 Å². The first-order chi connectivity index (χ1) is 8.52. The molecule has 1 rings (SSSR count). The first kappa shape index (κ1) is 14.2. The highest BCUT2D eigenvalue weighted by Gasteiger charge is 2.06. The van der Waals surface area contributed by atoms with Crippen molar-refractivity contribution in [2.24, 2.45) is 0 Å². The molecule has 1 aromatic carbocycles. The molecule has 0 atom stereocenters. The van der Waals surface area contributed by atoms with Crippen LogP contribution < -0.4 is 4.74 Å². The molecule has 1 aromatic rings. The second-order valence-corrected chi connectivity index (χ2v) is 4.44. The number of carbonyl (C=O) groups is 2. The maximum absolute atomic E-state index is 11.0. The van der Waals surface area contributed by atoms with E-state index in [0.717, 1.165) is 17.7 Å². The summed E-state index contributed by atoms with van der Waals surface area (Å²) in [4.78, 5) is 22.8. The van der Waals surface area contributed by atoms with Gasteiger partial charge in [-0.25, -0.2) is 0 Å². The van der Waals surface area contributed by atoms with Crippen LogP contribution in [0.3, 0.4) is 0 Å². The Labute approximate surface area is 108 Å². The molecular weight excluding hydrogens is 230 g/mol. The standard InChI is InChI=1S/C14H19NO3/c1-11(2)18-13-6-4-12(5-7-13)8-9-15(3)14(17)10-16/h4-7,10-11H,8-9H2,1-3H3. The number of nitrogens with zero attached hydrogens (tertiary/aromatic N) is 1. The molecule has 0 spiro atoms. The first-order valence-corrected chi connectivity index (χ1v) is 5.98. The topological polar surface area (TPSA) is 46.6 Å². The summed E-state index contributed by atoms with van der Waals surface area (Å²) in [7, 11) is 1.62. The molecule has 0 bridgehead atoms. The van der Waals surface area contributed by atoms with Gasteiger partial charge in [-0.15, -0.1) is 0 Å². The number of benzene rings is 1. The van der Waals surface area contributed by atoms with Crippen molar-refractivity contribution >= 4 is 12.2 Å². The lowest BCUT2D eigenvalue weighted by molar-refractivity contribution is -0.137. The fraction of sp³-hybridized carbons (Fsp3) is 0.429. The number of likely N-dealkylation sites (N-methyl/N-ethyl adjacent to an activating group) is 1. The van der Waals surface area contributed by atoms with E-state index in [4.69, 9.17) is 4.74 Å². The summed E-state index contributed by atoms with van der Waals surface area (Å²) < 4.78 is 5.54. The highest BCUT2D eigenvalue weighted by molar-refractivity contribution is 6.23. The van der Waals surface area contributed by atoms with Crippen molar-refractivity contribution in [2.75, 3.05) is 13.6 Å². The normalized spacial score (nSPS) is 10.2. The molecule has 4 nitrogen and oxygen atoms in total. The Kier molecular flexibility index (Phi) is 5.36. The fourth-order valence-electron chi connectivity index (χ4n) is 1.50. The summed E-state index contributed by atoms with van der Waals surface area (Å²) in [5, 5.41) is 0. The molecule has 18 heavy (non-hydrogen) atoms. The Morgan fingerprint density at radius 1 is 1.33 bits per heavy atom. The zero-order chi connectivity index (χ0) is 13.5. The van der Waals surface area contributed by atoms with Crippen LogP contribution in [-0.2, 0) is 16.0 Å². The monoisotopic (exact) mass is 249 g/mol. The van der Waals surface area contributed by atoms with Gasteiger partial charge in [-0.2, -0.15) is 0 Å². The summed E-state index contributed by atoms with van der Waals surface area (Å²) in [5.41, 5.74) is 1.11. The molecule has 0 unspecified atom stereocenters. The Morgan fingerprint density at radius 3 is 2.44 bits per heavy atom. The van der Waals surface area contributed by atoms with Gasteiger partial charge in [0.05, 0.1) is 6.10 Å². The first-order valence-electron chi connectivity index (χ1n) is 5.98. The number of carbonyl (C=O) groups excluding carboxylic acids is 2. The van der Waals surface area contributed by atoms with E-state index in [1.165, 1.54) is 4.90 Å². The van der Waals surface area contributed by atoms with E-state index in [1.54, 1.807) is 7.05 Å². The molecule has 4 heteroatoms. The third-order valence-corrected chi connectivity index (χ3v) is 2.51. The van der Waals surface area contributed by atoms with E-state index >= 15 is 0 Å². The molecule has 0 heterocycles. The Balaban J connectivity index is 2.48. The van der Waals surface area contributed by atoms with E-state index in [0.29, 0.717) is 12.8 Å². The predicted octanol–water partition coefficient (Wildman–Crippen LogP) is 1.67. The van der Waals surface area contributed by atoms with Gasteiger partial charge in [0.25, 0.3) is 5.91 Å². The van der Waals surface area contributed by atoms with Crippen LogP contribution in [0.5, 0.6) is 5.75 Å². The molecule has 0 fully saturated rings. The van der Waals surface area contributed by atoms with Gasteiger partial charge in [-0.1, -0.05) is 12.1 Å². The largest absolute Gasteiger partial charge is 0.491 e. The zero-order valence-electron chi connectivity index (χ0n) is 11.1. The van der Waals surface area contributed by atoms with Crippen molar-refractivity contribution in [3.05, 3.63) is 29.8 Å². The number of hydrogen-bond acceptors (Lipinski definition) is 3. The molecule has 0 N–H and O–H groups in total. The molecule has 98 valence electrons. The lowest BCUT2D eigenvalue weighted by Crippen LogP contribution is -2.29. The molecule has 0 radical (unpaired) electrons. The van der Waals surface area contributed by atoms with Gasteiger partial charge in [-0.05, 0) is 38.0 Å². The maximum Gasteiger partial charge on any atom is 0.286 e. The Morgan fingerprint density at radius 2 is 1.94 bits per heavy atom. The van der Waals surface area contributed by atoms with E-state index in [9.17, 15) is 9.59 Å². The lowest BCUT2D eigenvalue weighted by Gasteiger charge is -2.14. The third kappa shape index (κ3) is 4.57. The second-order valence-electron chi connectivity index (χ2n) is 4.44. The van der Waals surface area contributed by atoms with Gasteiger partial charge >= 0.3 is 0 Å². The van der Waals surface area contributed by atoms with Gasteiger partial charge in [0.15, 0.2) is 0 Å². The van der Waals surface area contributed by atoms with E-state index in [2.05, 4.69) is 0 Å². The molecule has 0 saturated carbocycles. The van der Waals surface area contributed by atoms with Crippen molar-refractivity contribution < 1.29 is 14.3 Å². The molecule has 1 amide bonds. The number of hydrogen-bond donors (Lipinski definition) is 0. The minimum Gasteiger partial charge on any atom is -0.491 e. The Bertz CT molecular complexity index is 398. The fourth-order valence-corrected chi connectivity index (χ4v) is 1.50. The Hall–Kier alpha value is -1.84. The van der Waals surface area contributed by atoms with Crippen LogP contribution in [0.1, 0.15) is 19.4 Å². The van der Waals surface area contributed by atoms with Crippen LogP contribution in [0.2, 0.25) is 0 Å². The number of amides is 1. The average Bonchev–Trinajstić information content (AvgIpc) is 2.36. The number of aldehydes is 1. The van der Waals surface area contributed by atoms with Crippen LogP contribution in [0, 0.1) is 0 Å². The highest BCUT2D eigenvalue weighted by atomic mass is 16.5. The molecular formula is C14H19NO3. The van der Waals surface area contributed by atoms with Crippen LogP contribution in [-0.4, -0.2) is 36.8 Å². The van der Waals surface area contributed by atoms with Gasteiger partial charge < -0.3 is 9.64 Å². The van der Waals surface area contributed by atoms with Crippen molar-refractivity contribution in [1.29, 1.82) is 0 Å². The lowest BCUT2D eigenvalue weighted by atomic mass is 10.1. The van der Waals surface area contributed by atoms with E-state index in [-0.39, 0.29) is 6.10 Å². The van der Waals surface area contributed by atoms with E-state index < -0.39 is 5.91 Å². The van der Waals surface area contributed by atoms with E-state index in [1.807, 2.05) is 38.1 Å². The zero-order valence-corrected chi connectivity index (χ0v) is 11.1. The SMILES string of the molecule is CC(C)Oc1ccc(CCN(C)C(=O)C=O)cc1. The summed E-state index contributed by atoms with van der Waals surface area (Å²) in [6.07, 6.45) is 1.21. The molecule has 0 aliphatic carbocycles. The smallest absolute Gasteiger partial charge is 0.286 e. The van der Waals surface area contributed by atoms with Crippen LogP contribution in [0.15, 0.2) is 24.3 Å². The maximum atomic E-state index is 11.0. The molecule has 0 saturated heterocycles. The number of ether oxygens (including phenoxy) is 1. The minimum absolute atomic E-state index is 0.159.